The van der Waals surface area contributed by atoms with Crippen molar-refractivity contribution in [3.05, 3.63) is 29.7 Å². The van der Waals surface area contributed by atoms with E-state index in [4.69, 9.17) is 9.52 Å². The second kappa shape index (κ2) is 13.2. The van der Waals surface area contributed by atoms with Gasteiger partial charge >= 0.3 is 0 Å². The van der Waals surface area contributed by atoms with Gasteiger partial charge in [-0.25, -0.2) is 4.99 Å². The Kier molecular flexibility index (Phi) is 11.8. The highest BCUT2D eigenvalue weighted by Crippen LogP contribution is 2.22. The molecule has 1 aromatic rings. The zero-order valence-electron chi connectivity index (χ0n) is 18.0. The van der Waals surface area contributed by atoms with Crippen LogP contribution in [0.15, 0.2) is 27.7 Å². The number of guanidine groups is 1. The summed E-state index contributed by atoms with van der Waals surface area (Å²) in [7, 11) is 0. The largest absolute Gasteiger partial charge is 0.359 e. The van der Waals surface area contributed by atoms with Crippen LogP contribution in [0.5, 0.6) is 0 Å². The van der Waals surface area contributed by atoms with E-state index in [1.165, 1.54) is 5.57 Å². The maximum absolute atomic E-state index is 5.49. The predicted octanol–water partition coefficient (Wildman–Crippen LogP) is 4.29. The van der Waals surface area contributed by atoms with Gasteiger partial charge in [-0.2, -0.15) is 0 Å². The van der Waals surface area contributed by atoms with Crippen LogP contribution in [-0.2, 0) is 6.54 Å². The molecule has 2 rings (SSSR count). The molecule has 0 aromatic carbocycles. The molecule has 1 fully saturated rings. The number of hydrogen-bond donors (Lipinski definition) is 2. The number of aromatic nitrogens is 1. The van der Waals surface area contributed by atoms with E-state index in [2.05, 4.69) is 61.0 Å². The van der Waals surface area contributed by atoms with Crippen molar-refractivity contribution in [1.82, 2.24) is 20.7 Å². The fraction of sp³-hybridized carbons (Fsp3) is 0.714. The number of likely N-dealkylation sites (tertiary alicyclic amines) is 1. The van der Waals surface area contributed by atoms with E-state index < -0.39 is 0 Å². The third-order valence-corrected chi connectivity index (χ3v) is 5.14. The summed E-state index contributed by atoms with van der Waals surface area (Å²) in [5, 5.41) is 11.2. The van der Waals surface area contributed by atoms with Crippen molar-refractivity contribution in [2.75, 3.05) is 26.2 Å². The zero-order valence-corrected chi connectivity index (χ0v) is 20.3. The summed E-state index contributed by atoms with van der Waals surface area (Å²) in [5.41, 5.74) is 2.28. The van der Waals surface area contributed by atoms with Crippen LogP contribution in [0.4, 0.5) is 0 Å². The first-order valence-electron chi connectivity index (χ1n) is 10.4. The Balaban J connectivity index is 0.00000392. The number of hydrogen-bond acceptors (Lipinski definition) is 4. The maximum atomic E-state index is 5.49. The Labute approximate surface area is 187 Å². The third-order valence-electron chi connectivity index (χ3n) is 5.14. The molecule has 0 radical (unpaired) electrons. The summed E-state index contributed by atoms with van der Waals surface area (Å²) in [6, 6.07) is 2.51. The highest BCUT2D eigenvalue weighted by molar-refractivity contribution is 14.0. The second-order valence-electron chi connectivity index (χ2n) is 7.58. The normalized spacial score (nSPS) is 16.1. The smallest absolute Gasteiger partial charge is 0.191 e. The third kappa shape index (κ3) is 8.11. The molecule has 0 unspecified atom stereocenters. The molecular weight excluding hydrogens is 465 g/mol. The first kappa shape index (κ1) is 24.9. The van der Waals surface area contributed by atoms with Crippen LogP contribution in [0.25, 0.3) is 0 Å². The number of piperidine rings is 1. The fourth-order valence-corrected chi connectivity index (χ4v) is 3.59. The minimum absolute atomic E-state index is 0. The lowest BCUT2D eigenvalue weighted by Crippen LogP contribution is -2.48. The Bertz CT molecular complexity index is 604. The summed E-state index contributed by atoms with van der Waals surface area (Å²) < 4.78 is 5.49. The first-order valence-corrected chi connectivity index (χ1v) is 10.4. The molecule has 6 nitrogen and oxygen atoms in total. The van der Waals surface area contributed by atoms with Gasteiger partial charge in [0.15, 0.2) is 11.7 Å². The molecule has 0 amide bonds. The zero-order chi connectivity index (χ0) is 19.6. The second-order valence-corrected chi connectivity index (χ2v) is 7.58. The molecule has 2 heterocycles. The van der Waals surface area contributed by atoms with Gasteiger partial charge in [0.2, 0.25) is 0 Å². The number of rotatable bonds is 9. The molecule has 0 spiro atoms. The Hall–Kier alpha value is -1.09. The molecule has 160 valence electrons. The van der Waals surface area contributed by atoms with Gasteiger partial charge in [0, 0.05) is 44.2 Å². The van der Waals surface area contributed by atoms with Crippen molar-refractivity contribution in [2.45, 2.75) is 71.9 Å². The molecule has 1 aliphatic rings. The van der Waals surface area contributed by atoms with Gasteiger partial charge in [-0.05, 0) is 39.5 Å². The molecular formula is C21H38IN5O. The van der Waals surface area contributed by atoms with E-state index in [-0.39, 0.29) is 24.0 Å². The lowest BCUT2D eigenvalue weighted by Gasteiger charge is -2.33. The molecule has 0 atom stereocenters. The maximum Gasteiger partial charge on any atom is 0.191 e. The monoisotopic (exact) mass is 503 g/mol. The first-order chi connectivity index (χ1) is 13.0. The summed E-state index contributed by atoms with van der Waals surface area (Å²) in [6.45, 7) is 17.1. The molecule has 28 heavy (non-hydrogen) atoms. The Morgan fingerprint density at radius 3 is 2.57 bits per heavy atom. The molecule has 1 saturated heterocycles. The molecule has 1 aliphatic heterocycles. The summed E-state index contributed by atoms with van der Waals surface area (Å²) in [6.07, 6.45) is 4.41. The lowest BCUT2D eigenvalue weighted by molar-refractivity contribution is 0.221. The number of aliphatic imine (C=N–C) groups is 1. The molecule has 0 bridgehead atoms. The minimum atomic E-state index is 0. The van der Waals surface area contributed by atoms with Crippen LogP contribution in [0.1, 0.15) is 70.8 Å². The van der Waals surface area contributed by atoms with Crippen molar-refractivity contribution in [2.24, 2.45) is 4.99 Å². The summed E-state index contributed by atoms with van der Waals surface area (Å²) >= 11 is 0. The van der Waals surface area contributed by atoms with Gasteiger partial charge in [-0.1, -0.05) is 31.2 Å². The average Bonchev–Trinajstić information content (AvgIpc) is 3.11. The lowest BCUT2D eigenvalue weighted by atomic mass is 9.99. The number of nitrogens with one attached hydrogen (secondary N) is 2. The predicted molar refractivity (Wildman–Crippen MR) is 127 cm³/mol. The van der Waals surface area contributed by atoms with E-state index in [0.29, 0.717) is 18.5 Å². The topological polar surface area (TPSA) is 65.7 Å². The van der Waals surface area contributed by atoms with Crippen molar-refractivity contribution < 1.29 is 4.52 Å². The van der Waals surface area contributed by atoms with Crippen LogP contribution >= 0.6 is 24.0 Å². The minimum Gasteiger partial charge on any atom is -0.359 e. The molecule has 1 aromatic heterocycles. The average molecular weight is 503 g/mol. The van der Waals surface area contributed by atoms with Gasteiger partial charge in [-0.15, -0.1) is 24.0 Å². The van der Waals surface area contributed by atoms with Crippen LogP contribution in [0.3, 0.4) is 0 Å². The Morgan fingerprint density at radius 1 is 1.32 bits per heavy atom. The standard InChI is InChI=1S/C21H37N5O.HI/c1-6-17(7-2)20-13-19(27-25-20)14-23-21(22-8-3)24-18-9-11-26(12-10-18)15-16(4)5;/h13,17-18H,4,6-12,14-15H2,1-3,5H3,(H2,22,23,24);1H. The molecule has 0 aliphatic carbocycles. The van der Waals surface area contributed by atoms with Gasteiger partial charge in [-0.3, -0.25) is 4.90 Å². The van der Waals surface area contributed by atoms with Crippen LogP contribution in [0.2, 0.25) is 0 Å². The number of halogens is 1. The van der Waals surface area contributed by atoms with E-state index in [9.17, 15) is 0 Å². The number of nitrogens with zero attached hydrogens (tertiary/aromatic N) is 3. The Morgan fingerprint density at radius 2 is 2.00 bits per heavy atom. The van der Waals surface area contributed by atoms with E-state index in [0.717, 1.165) is 69.3 Å². The SMILES string of the molecule is C=C(C)CN1CCC(NC(=NCc2cc(C(CC)CC)no2)NCC)CC1.I. The molecule has 2 N–H and O–H groups in total. The van der Waals surface area contributed by atoms with Crippen molar-refractivity contribution in [3.8, 4) is 0 Å². The van der Waals surface area contributed by atoms with Crippen LogP contribution < -0.4 is 10.6 Å². The summed E-state index contributed by atoms with van der Waals surface area (Å²) in [5.74, 6) is 2.16. The van der Waals surface area contributed by atoms with Crippen molar-refractivity contribution in [1.29, 1.82) is 0 Å². The van der Waals surface area contributed by atoms with E-state index in [1.807, 2.05) is 0 Å². The van der Waals surface area contributed by atoms with E-state index >= 15 is 0 Å². The van der Waals surface area contributed by atoms with Gasteiger partial charge in [0.05, 0.1) is 5.69 Å². The fourth-order valence-electron chi connectivity index (χ4n) is 3.59. The highest BCUT2D eigenvalue weighted by Gasteiger charge is 2.20. The van der Waals surface area contributed by atoms with Crippen LogP contribution in [0, 0.1) is 0 Å². The van der Waals surface area contributed by atoms with Gasteiger partial charge < -0.3 is 15.2 Å². The van der Waals surface area contributed by atoms with Crippen LogP contribution in [-0.4, -0.2) is 48.2 Å². The van der Waals surface area contributed by atoms with Crippen molar-refractivity contribution in [3.63, 3.8) is 0 Å². The highest BCUT2D eigenvalue weighted by atomic mass is 127. The quantitative estimate of drug-likeness (QED) is 0.228. The van der Waals surface area contributed by atoms with Crippen molar-refractivity contribution >= 4 is 29.9 Å². The van der Waals surface area contributed by atoms with Gasteiger partial charge in [0.1, 0.15) is 6.54 Å². The van der Waals surface area contributed by atoms with Gasteiger partial charge in [0.25, 0.3) is 0 Å². The van der Waals surface area contributed by atoms with E-state index in [1.54, 1.807) is 0 Å². The summed E-state index contributed by atoms with van der Waals surface area (Å²) in [4.78, 5) is 7.17. The molecule has 7 heteroatoms. The molecule has 0 saturated carbocycles.